The lowest BCUT2D eigenvalue weighted by atomic mass is 9.77. The van der Waals surface area contributed by atoms with Gasteiger partial charge in [-0.1, -0.05) is 0 Å². The maximum absolute atomic E-state index is 14.2. The molecule has 0 bridgehead atoms. The smallest absolute Gasteiger partial charge is 0.131 e. The minimum atomic E-state index is -0.402. The highest BCUT2D eigenvalue weighted by atomic mass is 19.1. The lowest BCUT2D eigenvalue weighted by Gasteiger charge is -2.38. The van der Waals surface area contributed by atoms with Crippen molar-refractivity contribution in [1.82, 2.24) is 14.9 Å². The summed E-state index contributed by atoms with van der Waals surface area (Å²) in [6, 6.07) is 3.86. The molecule has 1 aromatic carbocycles. The minimum absolute atomic E-state index is 0.122. The molecule has 2 N–H and O–H groups in total. The Kier molecular flexibility index (Phi) is 4.20. The first-order valence-corrected chi connectivity index (χ1v) is 9.87. The Labute approximate surface area is 157 Å². The number of benzene rings is 1. The van der Waals surface area contributed by atoms with Gasteiger partial charge in [-0.3, -0.25) is 4.90 Å². The number of rotatable bonds is 3. The fourth-order valence-electron chi connectivity index (χ4n) is 4.69. The van der Waals surface area contributed by atoms with E-state index in [4.69, 9.17) is 10.7 Å². The van der Waals surface area contributed by atoms with Crippen LogP contribution in [0, 0.1) is 11.6 Å². The highest BCUT2D eigenvalue weighted by Crippen LogP contribution is 2.40. The second-order valence-corrected chi connectivity index (χ2v) is 8.28. The predicted molar refractivity (Wildman–Crippen MR) is 98.0 cm³/mol. The van der Waals surface area contributed by atoms with Crippen molar-refractivity contribution >= 4 is 0 Å². The largest absolute Gasteiger partial charge is 0.327 e. The van der Waals surface area contributed by atoms with Crippen molar-refractivity contribution in [3.05, 3.63) is 58.7 Å². The zero-order valence-corrected chi connectivity index (χ0v) is 15.2. The number of hydrogen-bond acceptors (Lipinski definition) is 4. The van der Waals surface area contributed by atoms with Crippen molar-refractivity contribution in [2.75, 3.05) is 0 Å². The van der Waals surface area contributed by atoms with E-state index in [1.54, 1.807) is 0 Å². The summed E-state index contributed by atoms with van der Waals surface area (Å²) in [7, 11) is 0. The fraction of sp³-hybridized carbons (Fsp3) is 0.524. The molecule has 2 aliphatic carbocycles. The van der Waals surface area contributed by atoms with Gasteiger partial charge in [0, 0.05) is 48.8 Å². The summed E-state index contributed by atoms with van der Waals surface area (Å²) in [6.45, 7) is 1.70. The monoisotopic (exact) mass is 370 g/mol. The third-order valence-corrected chi connectivity index (χ3v) is 6.39. The Morgan fingerprint density at radius 2 is 1.93 bits per heavy atom. The van der Waals surface area contributed by atoms with Crippen molar-refractivity contribution in [1.29, 1.82) is 0 Å². The molecular weight excluding hydrogens is 346 g/mol. The summed E-state index contributed by atoms with van der Waals surface area (Å²) in [6.07, 6.45) is 6.90. The summed E-state index contributed by atoms with van der Waals surface area (Å²) in [5.41, 5.74) is 9.21. The molecule has 2 fully saturated rings. The highest BCUT2D eigenvalue weighted by molar-refractivity contribution is 5.27. The molecule has 1 unspecified atom stereocenters. The van der Waals surface area contributed by atoms with Crippen LogP contribution in [0.4, 0.5) is 8.78 Å². The van der Waals surface area contributed by atoms with Gasteiger partial charge in [-0.05, 0) is 55.9 Å². The Balaban J connectivity index is 1.28. The molecule has 1 aliphatic heterocycles. The number of hydrogen-bond donors (Lipinski definition) is 1. The van der Waals surface area contributed by atoms with Crippen LogP contribution in [-0.2, 0) is 13.1 Å². The number of halogens is 2. The second-order valence-electron chi connectivity index (χ2n) is 8.28. The molecule has 1 aromatic heterocycles. The van der Waals surface area contributed by atoms with Crippen molar-refractivity contribution in [3.63, 3.8) is 0 Å². The summed E-state index contributed by atoms with van der Waals surface area (Å²) in [4.78, 5) is 11.7. The average molecular weight is 370 g/mol. The molecular formula is C21H24F2N4. The fourth-order valence-corrected chi connectivity index (χ4v) is 4.69. The molecule has 6 heteroatoms. The SMILES string of the molecule is N[C@H]1C[C@@H](N2Cc3cnc(C4CC4)nc3C2)CCC1c1cc(F)ccc1F. The van der Waals surface area contributed by atoms with Crippen molar-refractivity contribution in [2.45, 2.75) is 69.1 Å². The lowest BCUT2D eigenvalue weighted by Crippen LogP contribution is -2.44. The van der Waals surface area contributed by atoms with E-state index in [1.165, 1.54) is 30.5 Å². The van der Waals surface area contributed by atoms with E-state index < -0.39 is 5.82 Å². The molecule has 0 spiro atoms. The first-order chi connectivity index (χ1) is 13.1. The number of aromatic nitrogens is 2. The Morgan fingerprint density at radius 1 is 1.07 bits per heavy atom. The van der Waals surface area contributed by atoms with Gasteiger partial charge < -0.3 is 5.73 Å². The Bertz CT molecular complexity index is 867. The maximum atomic E-state index is 14.2. The normalized spacial score (nSPS) is 28.3. The van der Waals surface area contributed by atoms with E-state index >= 15 is 0 Å². The molecule has 2 saturated carbocycles. The molecule has 4 nitrogen and oxygen atoms in total. The van der Waals surface area contributed by atoms with Crippen LogP contribution >= 0.6 is 0 Å². The van der Waals surface area contributed by atoms with Gasteiger partial charge in [-0.15, -0.1) is 0 Å². The minimum Gasteiger partial charge on any atom is -0.327 e. The second kappa shape index (κ2) is 6.60. The Morgan fingerprint density at radius 3 is 2.70 bits per heavy atom. The van der Waals surface area contributed by atoms with E-state index in [2.05, 4.69) is 9.88 Å². The molecule has 0 saturated heterocycles. The molecule has 2 aromatic rings. The summed E-state index contributed by atoms with van der Waals surface area (Å²) in [5, 5.41) is 0. The topological polar surface area (TPSA) is 55.0 Å². The zero-order valence-electron chi connectivity index (χ0n) is 15.2. The standard InChI is InChI=1S/C21H24F2N4/c22-14-3-6-18(23)17(7-14)16-5-4-15(8-19(16)24)27-10-13-9-25-21(12-1-2-12)26-20(13)11-27/h3,6-7,9,12,15-16,19H,1-2,4-5,8,10-11,24H2/t15-,16?,19-/m0/s1. The van der Waals surface area contributed by atoms with Crippen LogP contribution in [0.15, 0.2) is 24.4 Å². The van der Waals surface area contributed by atoms with E-state index in [9.17, 15) is 8.78 Å². The summed E-state index contributed by atoms with van der Waals surface area (Å²) in [5.74, 6) is 0.683. The van der Waals surface area contributed by atoms with Gasteiger partial charge in [-0.25, -0.2) is 18.7 Å². The third kappa shape index (κ3) is 3.25. The van der Waals surface area contributed by atoms with Gasteiger partial charge in [0.05, 0.1) is 5.69 Å². The van der Waals surface area contributed by atoms with Crippen LogP contribution in [0.2, 0.25) is 0 Å². The predicted octanol–water partition coefficient (Wildman–Crippen LogP) is 3.61. The van der Waals surface area contributed by atoms with Gasteiger partial charge in [0.1, 0.15) is 17.5 Å². The van der Waals surface area contributed by atoms with Crippen LogP contribution in [-0.4, -0.2) is 27.0 Å². The average Bonchev–Trinajstić information content (AvgIpc) is 3.42. The number of nitrogens with zero attached hydrogens (tertiary/aromatic N) is 3. The van der Waals surface area contributed by atoms with Gasteiger partial charge >= 0.3 is 0 Å². The molecule has 142 valence electrons. The molecule has 3 atom stereocenters. The van der Waals surface area contributed by atoms with E-state index in [0.29, 0.717) is 17.5 Å². The number of nitrogens with two attached hydrogens (primary N) is 1. The molecule has 0 amide bonds. The van der Waals surface area contributed by atoms with E-state index in [1.807, 2.05) is 6.20 Å². The Hall–Kier alpha value is -1.92. The highest BCUT2D eigenvalue weighted by Gasteiger charge is 2.36. The molecule has 2 heterocycles. The first kappa shape index (κ1) is 17.2. The van der Waals surface area contributed by atoms with Crippen molar-refractivity contribution in [2.24, 2.45) is 5.73 Å². The first-order valence-electron chi connectivity index (χ1n) is 9.87. The van der Waals surface area contributed by atoms with Crippen LogP contribution < -0.4 is 5.73 Å². The molecule has 27 heavy (non-hydrogen) atoms. The van der Waals surface area contributed by atoms with Crippen molar-refractivity contribution in [3.8, 4) is 0 Å². The van der Waals surface area contributed by atoms with Gasteiger partial charge in [0.25, 0.3) is 0 Å². The molecule has 3 aliphatic rings. The van der Waals surface area contributed by atoms with Gasteiger partial charge in [0.15, 0.2) is 0 Å². The zero-order chi connectivity index (χ0) is 18.5. The van der Waals surface area contributed by atoms with Gasteiger partial charge in [-0.2, -0.15) is 0 Å². The van der Waals surface area contributed by atoms with E-state index in [-0.39, 0.29) is 17.8 Å². The van der Waals surface area contributed by atoms with Crippen molar-refractivity contribution < 1.29 is 8.78 Å². The molecule has 0 radical (unpaired) electrons. The van der Waals surface area contributed by atoms with Crippen LogP contribution in [0.25, 0.3) is 0 Å². The van der Waals surface area contributed by atoms with Crippen LogP contribution in [0.3, 0.4) is 0 Å². The maximum Gasteiger partial charge on any atom is 0.131 e. The summed E-state index contributed by atoms with van der Waals surface area (Å²) >= 11 is 0. The van der Waals surface area contributed by atoms with Crippen LogP contribution in [0.5, 0.6) is 0 Å². The summed E-state index contributed by atoms with van der Waals surface area (Å²) < 4.78 is 27.7. The third-order valence-electron chi connectivity index (χ3n) is 6.39. The van der Waals surface area contributed by atoms with Crippen LogP contribution in [0.1, 0.15) is 66.6 Å². The molecule has 5 rings (SSSR count). The van der Waals surface area contributed by atoms with Gasteiger partial charge in [0.2, 0.25) is 0 Å². The lowest BCUT2D eigenvalue weighted by molar-refractivity contribution is 0.137. The van der Waals surface area contributed by atoms with E-state index in [0.717, 1.165) is 49.9 Å². The number of fused-ring (bicyclic) bond motifs is 1. The quantitative estimate of drug-likeness (QED) is 0.897.